The Morgan fingerprint density at radius 2 is 2.05 bits per heavy atom. The van der Waals surface area contributed by atoms with Gasteiger partial charge in [0.05, 0.1) is 25.2 Å². The van der Waals surface area contributed by atoms with Gasteiger partial charge in [0.15, 0.2) is 0 Å². The Kier molecular flexibility index (Phi) is 4.24. The minimum atomic E-state index is -0.222. The maximum atomic E-state index is 12.2. The first-order chi connectivity index (χ1) is 10.1. The van der Waals surface area contributed by atoms with Crippen molar-refractivity contribution in [3.8, 4) is 0 Å². The van der Waals surface area contributed by atoms with Crippen molar-refractivity contribution >= 4 is 44.6 Å². The van der Waals surface area contributed by atoms with Gasteiger partial charge in [-0.2, -0.15) is 5.10 Å². The second-order valence-corrected chi connectivity index (χ2v) is 6.75. The summed E-state index contributed by atoms with van der Waals surface area (Å²) < 4.78 is 1.02. The highest BCUT2D eigenvalue weighted by Crippen LogP contribution is 2.34. The molecule has 1 aliphatic heterocycles. The summed E-state index contributed by atoms with van der Waals surface area (Å²) in [5.74, 6) is -0.222. The highest BCUT2D eigenvalue weighted by atomic mass is 35.5. The zero-order valence-electron chi connectivity index (χ0n) is 11.8. The van der Waals surface area contributed by atoms with Crippen LogP contribution in [0.25, 0.3) is 10.1 Å². The molecule has 0 spiro atoms. The molecule has 0 atom stereocenters. The van der Waals surface area contributed by atoms with E-state index in [2.05, 4.69) is 17.6 Å². The van der Waals surface area contributed by atoms with Crippen molar-refractivity contribution in [3.63, 3.8) is 0 Å². The predicted octanol–water partition coefficient (Wildman–Crippen LogP) is 1.95. The van der Waals surface area contributed by atoms with E-state index in [1.54, 1.807) is 0 Å². The van der Waals surface area contributed by atoms with Gasteiger partial charge in [0.25, 0.3) is 5.91 Å². The lowest BCUT2D eigenvalue weighted by atomic mass is 10.1. The number of piperidine rings is 1. The van der Waals surface area contributed by atoms with Crippen LogP contribution in [0.3, 0.4) is 0 Å². The SMILES string of the molecule is C[NH+]1CCC(=NNC(=O)c2sc3ccccc3c2Cl)CC1. The van der Waals surface area contributed by atoms with E-state index < -0.39 is 0 Å². The number of quaternary nitrogens is 1. The van der Waals surface area contributed by atoms with Crippen LogP contribution in [0.15, 0.2) is 29.4 Å². The number of hydrazone groups is 1. The first-order valence-corrected chi connectivity index (χ1v) is 8.18. The highest BCUT2D eigenvalue weighted by Gasteiger charge is 2.18. The molecule has 1 amide bonds. The predicted molar refractivity (Wildman–Crippen MR) is 87.6 cm³/mol. The Morgan fingerprint density at radius 3 is 2.76 bits per heavy atom. The molecule has 6 heteroatoms. The standard InChI is InChI=1S/C15H16ClN3OS/c1-19-8-6-10(7-9-19)17-18-15(20)14-13(16)11-4-2-3-5-12(11)21-14/h2-5H,6-9H2,1H3,(H,18,20)/p+1. The van der Waals surface area contributed by atoms with Crippen LogP contribution in [0.2, 0.25) is 5.02 Å². The molecule has 0 saturated carbocycles. The fourth-order valence-electron chi connectivity index (χ4n) is 2.42. The van der Waals surface area contributed by atoms with Gasteiger partial charge in [-0.3, -0.25) is 4.79 Å². The van der Waals surface area contributed by atoms with Gasteiger partial charge in [0, 0.05) is 28.6 Å². The van der Waals surface area contributed by atoms with Crippen molar-refractivity contribution in [1.82, 2.24) is 5.43 Å². The van der Waals surface area contributed by atoms with Gasteiger partial charge >= 0.3 is 0 Å². The number of benzene rings is 1. The van der Waals surface area contributed by atoms with Gasteiger partial charge in [-0.1, -0.05) is 29.8 Å². The average Bonchev–Trinajstić information content (AvgIpc) is 2.84. The van der Waals surface area contributed by atoms with Crippen molar-refractivity contribution in [3.05, 3.63) is 34.2 Å². The topological polar surface area (TPSA) is 45.9 Å². The molecule has 0 radical (unpaired) electrons. The minimum absolute atomic E-state index is 0.222. The number of nitrogens with one attached hydrogen (secondary N) is 2. The second-order valence-electron chi connectivity index (χ2n) is 5.32. The van der Waals surface area contributed by atoms with Crippen LogP contribution < -0.4 is 10.3 Å². The monoisotopic (exact) mass is 322 g/mol. The molecule has 1 fully saturated rings. The molecule has 0 aliphatic carbocycles. The molecule has 3 rings (SSSR count). The number of fused-ring (bicyclic) bond motifs is 1. The Balaban J connectivity index is 1.75. The minimum Gasteiger partial charge on any atom is -0.337 e. The van der Waals surface area contributed by atoms with Crippen LogP contribution in [0.4, 0.5) is 0 Å². The summed E-state index contributed by atoms with van der Waals surface area (Å²) in [6, 6.07) is 7.76. The number of amides is 1. The lowest BCUT2D eigenvalue weighted by Crippen LogP contribution is -3.10. The molecule has 1 aromatic heterocycles. The smallest absolute Gasteiger partial charge is 0.283 e. The lowest BCUT2D eigenvalue weighted by Gasteiger charge is -2.20. The van der Waals surface area contributed by atoms with Crippen LogP contribution in [0.1, 0.15) is 22.5 Å². The number of carbonyl (C=O) groups is 1. The summed E-state index contributed by atoms with van der Waals surface area (Å²) in [7, 11) is 2.17. The zero-order chi connectivity index (χ0) is 14.8. The molecule has 21 heavy (non-hydrogen) atoms. The Morgan fingerprint density at radius 1 is 1.33 bits per heavy atom. The molecular weight excluding hydrogens is 306 g/mol. The molecule has 4 nitrogen and oxygen atoms in total. The van der Waals surface area contributed by atoms with Gasteiger partial charge in [0.1, 0.15) is 4.88 Å². The van der Waals surface area contributed by atoms with E-state index >= 15 is 0 Å². The Hall–Kier alpha value is -1.43. The van der Waals surface area contributed by atoms with Gasteiger partial charge in [-0.05, 0) is 6.07 Å². The summed E-state index contributed by atoms with van der Waals surface area (Å²) in [5.41, 5.74) is 3.71. The summed E-state index contributed by atoms with van der Waals surface area (Å²) >= 11 is 7.69. The summed E-state index contributed by atoms with van der Waals surface area (Å²) in [6.07, 6.45) is 1.87. The van der Waals surface area contributed by atoms with Crippen molar-refractivity contribution in [2.75, 3.05) is 20.1 Å². The number of carbonyl (C=O) groups excluding carboxylic acids is 1. The van der Waals surface area contributed by atoms with E-state index in [1.165, 1.54) is 16.2 Å². The van der Waals surface area contributed by atoms with Crippen LogP contribution in [-0.2, 0) is 0 Å². The van der Waals surface area contributed by atoms with Gasteiger partial charge in [0.2, 0.25) is 0 Å². The summed E-state index contributed by atoms with van der Waals surface area (Å²) in [6.45, 7) is 2.14. The number of hydrogen-bond donors (Lipinski definition) is 2. The number of hydrogen-bond acceptors (Lipinski definition) is 3. The van der Waals surface area contributed by atoms with Crippen molar-refractivity contribution < 1.29 is 9.69 Å². The summed E-state index contributed by atoms with van der Waals surface area (Å²) in [5, 5.41) is 5.69. The van der Waals surface area contributed by atoms with E-state index in [0.29, 0.717) is 9.90 Å². The fraction of sp³-hybridized carbons (Fsp3) is 0.333. The van der Waals surface area contributed by atoms with Crippen molar-refractivity contribution in [2.24, 2.45) is 5.10 Å². The molecular formula is C15H17ClN3OS+. The zero-order valence-corrected chi connectivity index (χ0v) is 13.4. The molecule has 1 aliphatic rings. The van der Waals surface area contributed by atoms with Crippen molar-refractivity contribution in [2.45, 2.75) is 12.8 Å². The normalized spacial score (nSPS) is 18.8. The molecule has 1 saturated heterocycles. The second kappa shape index (κ2) is 6.13. The third-order valence-corrected chi connectivity index (χ3v) is 5.41. The highest BCUT2D eigenvalue weighted by molar-refractivity contribution is 7.21. The Bertz CT molecular complexity index is 700. The first kappa shape index (κ1) is 14.5. The van der Waals surface area contributed by atoms with Crippen LogP contribution in [0.5, 0.6) is 0 Å². The average molecular weight is 323 g/mol. The van der Waals surface area contributed by atoms with E-state index in [4.69, 9.17) is 11.6 Å². The molecule has 2 N–H and O–H groups in total. The number of nitrogens with zero attached hydrogens (tertiary/aromatic N) is 1. The Labute approximate surface area is 132 Å². The number of halogens is 1. The molecule has 0 bridgehead atoms. The third kappa shape index (κ3) is 3.10. The summed E-state index contributed by atoms with van der Waals surface area (Å²) in [4.78, 5) is 14.3. The lowest BCUT2D eigenvalue weighted by molar-refractivity contribution is -0.880. The number of rotatable bonds is 2. The first-order valence-electron chi connectivity index (χ1n) is 6.99. The maximum Gasteiger partial charge on any atom is 0.283 e. The van der Waals surface area contributed by atoms with Gasteiger partial charge < -0.3 is 4.90 Å². The van der Waals surface area contributed by atoms with Gasteiger partial charge in [-0.25, -0.2) is 5.43 Å². The van der Waals surface area contributed by atoms with Crippen LogP contribution >= 0.6 is 22.9 Å². The maximum absolute atomic E-state index is 12.2. The number of likely N-dealkylation sites (tertiary alicyclic amines) is 1. The van der Waals surface area contributed by atoms with E-state index in [9.17, 15) is 4.79 Å². The van der Waals surface area contributed by atoms with Crippen LogP contribution in [0, 0.1) is 0 Å². The quantitative estimate of drug-likeness (QED) is 0.816. The van der Waals surface area contributed by atoms with E-state index in [-0.39, 0.29) is 5.91 Å². The number of thiophene rings is 1. The fourth-order valence-corrected chi connectivity index (χ4v) is 3.82. The van der Waals surface area contributed by atoms with Crippen LogP contribution in [-0.4, -0.2) is 31.8 Å². The third-order valence-electron chi connectivity index (χ3n) is 3.74. The van der Waals surface area contributed by atoms with E-state index in [0.717, 1.165) is 41.7 Å². The molecule has 2 heterocycles. The largest absolute Gasteiger partial charge is 0.337 e. The van der Waals surface area contributed by atoms with Crippen molar-refractivity contribution in [1.29, 1.82) is 0 Å². The molecule has 110 valence electrons. The molecule has 1 aromatic carbocycles. The molecule has 0 unspecified atom stereocenters. The van der Waals surface area contributed by atoms with E-state index in [1.807, 2.05) is 24.3 Å². The molecule has 2 aromatic rings. The van der Waals surface area contributed by atoms with Gasteiger partial charge in [-0.15, -0.1) is 11.3 Å².